The van der Waals surface area contributed by atoms with Crippen LogP contribution in [0.2, 0.25) is 0 Å². The van der Waals surface area contributed by atoms with Crippen LogP contribution in [0.5, 0.6) is 0 Å². The van der Waals surface area contributed by atoms with Crippen LogP contribution in [0, 0.1) is 11.6 Å². The molecule has 1 aromatic carbocycles. The Hall–Kier alpha value is -2.46. The second-order valence-electron chi connectivity index (χ2n) is 6.74. The smallest absolute Gasteiger partial charge is 0.239 e. The standard InChI is InChI=1S/C18H18F2N4O2S2/c1-18(10-28(25,26)24(2)17(21)23-18)13-7-11(3-5-14(13)20)8-16(27)15-6-4-12(19)9-22-15/h3-7,9H,8,10H2,1-2H3,(H2,21,23)/t18-/m0/s1. The molecule has 2 aromatic rings. The highest BCUT2D eigenvalue weighted by Gasteiger charge is 2.41. The molecule has 6 nitrogen and oxygen atoms in total. The zero-order valence-electron chi connectivity index (χ0n) is 15.2. The number of pyridine rings is 1. The van der Waals surface area contributed by atoms with Gasteiger partial charge < -0.3 is 5.73 Å². The number of guanidine groups is 1. The van der Waals surface area contributed by atoms with Gasteiger partial charge in [0.1, 0.15) is 17.2 Å². The minimum absolute atomic E-state index is 0.111. The van der Waals surface area contributed by atoms with Gasteiger partial charge in [0.15, 0.2) is 0 Å². The van der Waals surface area contributed by atoms with E-state index in [2.05, 4.69) is 9.98 Å². The molecule has 0 fully saturated rings. The highest BCUT2D eigenvalue weighted by Crippen LogP contribution is 2.34. The van der Waals surface area contributed by atoms with Crippen LogP contribution in [0.4, 0.5) is 8.78 Å². The van der Waals surface area contributed by atoms with E-state index in [0.717, 1.165) is 10.5 Å². The normalized spacial score (nSPS) is 21.3. The van der Waals surface area contributed by atoms with E-state index in [4.69, 9.17) is 18.0 Å². The second-order valence-corrected chi connectivity index (χ2v) is 9.24. The van der Waals surface area contributed by atoms with Gasteiger partial charge in [0, 0.05) is 23.9 Å². The molecule has 0 radical (unpaired) electrons. The van der Waals surface area contributed by atoms with Crippen molar-refractivity contribution in [2.24, 2.45) is 10.7 Å². The SMILES string of the molecule is CN1C(N)=N[C@](C)(c2cc(CC(=S)c3ccc(F)cn3)ccc2F)CS1(=O)=O. The molecule has 0 saturated carbocycles. The van der Waals surface area contributed by atoms with Gasteiger partial charge in [-0.1, -0.05) is 24.4 Å². The first-order chi connectivity index (χ1) is 13.0. The topological polar surface area (TPSA) is 88.7 Å². The van der Waals surface area contributed by atoms with Gasteiger partial charge in [-0.15, -0.1) is 0 Å². The number of nitrogens with two attached hydrogens (primary N) is 1. The van der Waals surface area contributed by atoms with Crippen LogP contribution in [-0.4, -0.2) is 41.3 Å². The van der Waals surface area contributed by atoms with Gasteiger partial charge in [0.2, 0.25) is 16.0 Å². The number of aliphatic imine (C=N–C) groups is 1. The largest absolute Gasteiger partial charge is 0.369 e. The first kappa shape index (κ1) is 20.3. The predicted molar refractivity (Wildman–Crippen MR) is 107 cm³/mol. The summed E-state index contributed by atoms with van der Waals surface area (Å²) in [4.78, 5) is 8.61. The van der Waals surface area contributed by atoms with E-state index in [1.54, 1.807) is 6.07 Å². The van der Waals surface area contributed by atoms with Crippen molar-refractivity contribution in [1.82, 2.24) is 9.29 Å². The van der Waals surface area contributed by atoms with Gasteiger partial charge in [-0.2, -0.15) is 0 Å². The molecular formula is C18H18F2N4O2S2. The first-order valence-electron chi connectivity index (χ1n) is 8.27. The van der Waals surface area contributed by atoms with E-state index in [1.165, 1.54) is 38.2 Å². The molecule has 2 heterocycles. The Balaban J connectivity index is 1.96. The Morgan fingerprint density at radius 1 is 1.32 bits per heavy atom. The van der Waals surface area contributed by atoms with Gasteiger partial charge in [0.05, 0.1) is 17.6 Å². The van der Waals surface area contributed by atoms with Crippen LogP contribution in [-0.2, 0) is 22.0 Å². The molecule has 0 aliphatic carbocycles. The molecule has 1 aliphatic rings. The van der Waals surface area contributed by atoms with Crippen molar-refractivity contribution in [2.45, 2.75) is 18.9 Å². The first-order valence-corrected chi connectivity index (χ1v) is 10.3. The highest BCUT2D eigenvalue weighted by atomic mass is 32.2. The zero-order valence-corrected chi connectivity index (χ0v) is 16.8. The van der Waals surface area contributed by atoms with Crippen molar-refractivity contribution in [3.63, 3.8) is 0 Å². The zero-order chi connectivity index (χ0) is 20.7. The van der Waals surface area contributed by atoms with Crippen molar-refractivity contribution in [3.05, 3.63) is 65.0 Å². The third-order valence-electron chi connectivity index (χ3n) is 4.55. The molecule has 3 rings (SSSR count). The summed E-state index contributed by atoms with van der Waals surface area (Å²) >= 11 is 5.35. The number of hydrogen-bond acceptors (Lipinski definition) is 6. The Labute approximate surface area is 167 Å². The predicted octanol–water partition coefficient (Wildman–Crippen LogP) is 2.13. The monoisotopic (exact) mass is 424 g/mol. The molecule has 0 spiro atoms. The van der Waals surface area contributed by atoms with Crippen LogP contribution in [0.3, 0.4) is 0 Å². The van der Waals surface area contributed by atoms with E-state index in [1.807, 2.05) is 0 Å². The van der Waals surface area contributed by atoms with E-state index >= 15 is 0 Å². The average molecular weight is 424 g/mol. The van der Waals surface area contributed by atoms with E-state index in [-0.39, 0.29) is 17.9 Å². The quantitative estimate of drug-likeness (QED) is 0.600. The number of aromatic nitrogens is 1. The van der Waals surface area contributed by atoms with Crippen molar-refractivity contribution >= 4 is 33.1 Å². The van der Waals surface area contributed by atoms with Gasteiger partial charge in [-0.05, 0) is 30.7 Å². The summed E-state index contributed by atoms with van der Waals surface area (Å²) in [6.07, 6.45) is 1.32. The lowest BCUT2D eigenvalue weighted by Gasteiger charge is -2.34. The van der Waals surface area contributed by atoms with E-state index < -0.39 is 32.9 Å². The van der Waals surface area contributed by atoms with Crippen LogP contribution < -0.4 is 5.73 Å². The summed E-state index contributed by atoms with van der Waals surface area (Å²) in [5, 5.41) is 0. The third-order valence-corrected chi connectivity index (χ3v) is 6.86. The Bertz CT molecular complexity index is 1070. The lowest BCUT2D eigenvalue weighted by Crippen LogP contribution is -2.50. The Morgan fingerprint density at radius 2 is 2.04 bits per heavy atom. The molecule has 28 heavy (non-hydrogen) atoms. The minimum atomic E-state index is -3.73. The summed E-state index contributed by atoms with van der Waals surface area (Å²) in [6, 6.07) is 7.05. The van der Waals surface area contributed by atoms with Crippen molar-refractivity contribution in [1.29, 1.82) is 0 Å². The number of hydrogen-bond donors (Lipinski definition) is 1. The van der Waals surface area contributed by atoms with Gasteiger partial charge in [0.25, 0.3) is 0 Å². The van der Waals surface area contributed by atoms with Crippen LogP contribution in [0.1, 0.15) is 23.7 Å². The molecule has 10 heteroatoms. The Kier molecular flexibility index (Phi) is 5.20. The molecular weight excluding hydrogens is 406 g/mol. The maximum absolute atomic E-state index is 14.6. The molecule has 0 unspecified atom stereocenters. The van der Waals surface area contributed by atoms with Crippen molar-refractivity contribution in [3.8, 4) is 0 Å². The number of rotatable bonds is 4. The summed E-state index contributed by atoms with van der Waals surface area (Å²) in [5.74, 6) is -1.68. The number of thiocarbonyl (C=S) groups is 1. The molecule has 1 aliphatic heterocycles. The maximum Gasteiger partial charge on any atom is 0.239 e. The fourth-order valence-corrected chi connectivity index (χ4v) is 4.74. The van der Waals surface area contributed by atoms with Gasteiger partial charge >= 0.3 is 0 Å². The maximum atomic E-state index is 14.6. The van der Waals surface area contributed by atoms with Crippen LogP contribution >= 0.6 is 12.2 Å². The Morgan fingerprint density at radius 3 is 2.64 bits per heavy atom. The lowest BCUT2D eigenvalue weighted by molar-refractivity contribution is 0.457. The van der Waals surface area contributed by atoms with Gasteiger partial charge in [-0.25, -0.2) is 26.5 Å². The van der Waals surface area contributed by atoms with Crippen molar-refractivity contribution < 1.29 is 17.2 Å². The minimum Gasteiger partial charge on any atom is -0.369 e. The summed E-state index contributed by atoms with van der Waals surface area (Å²) < 4.78 is 53.2. The molecule has 0 amide bonds. The summed E-state index contributed by atoms with van der Waals surface area (Å²) in [5.41, 5.74) is 5.57. The average Bonchev–Trinajstić information content (AvgIpc) is 2.61. The highest BCUT2D eigenvalue weighted by molar-refractivity contribution is 7.89. The van der Waals surface area contributed by atoms with Crippen LogP contribution in [0.15, 0.2) is 41.5 Å². The van der Waals surface area contributed by atoms with E-state index in [9.17, 15) is 17.2 Å². The second kappa shape index (κ2) is 7.17. The molecule has 2 N–H and O–H groups in total. The number of benzene rings is 1. The molecule has 0 saturated heterocycles. The summed E-state index contributed by atoms with van der Waals surface area (Å²) in [6.45, 7) is 1.52. The van der Waals surface area contributed by atoms with Crippen molar-refractivity contribution in [2.75, 3.05) is 12.8 Å². The third kappa shape index (κ3) is 3.88. The lowest BCUT2D eigenvalue weighted by atomic mass is 9.91. The molecule has 1 aromatic heterocycles. The fourth-order valence-electron chi connectivity index (χ4n) is 3.00. The molecule has 1 atom stereocenters. The summed E-state index contributed by atoms with van der Waals surface area (Å²) in [7, 11) is -2.43. The number of sulfonamides is 1. The number of nitrogens with zero attached hydrogens (tertiary/aromatic N) is 3. The van der Waals surface area contributed by atoms with Gasteiger partial charge in [-0.3, -0.25) is 4.98 Å². The number of halogens is 2. The fraction of sp³-hybridized carbons (Fsp3) is 0.278. The molecule has 0 bridgehead atoms. The van der Waals surface area contributed by atoms with Crippen LogP contribution in [0.25, 0.3) is 0 Å². The molecule has 148 valence electrons. The van der Waals surface area contributed by atoms with E-state index in [0.29, 0.717) is 16.1 Å².